The van der Waals surface area contributed by atoms with Crippen molar-refractivity contribution in [3.8, 4) is 0 Å². The second-order valence-electron chi connectivity index (χ2n) is 6.84. The summed E-state index contributed by atoms with van der Waals surface area (Å²) in [5, 5.41) is 5.56. The van der Waals surface area contributed by atoms with Gasteiger partial charge in [-0.3, -0.25) is 14.6 Å². The zero-order valence-corrected chi connectivity index (χ0v) is 15.2. The Balaban J connectivity index is 1.68. The van der Waals surface area contributed by atoms with Crippen LogP contribution in [0, 0.1) is 5.92 Å². The first-order valence-corrected chi connectivity index (χ1v) is 8.90. The summed E-state index contributed by atoms with van der Waals surface area (Å²) >= 11 is 0. The van der Waals surface area contributed by atoms with Crippen molar-refractivity contribution in [3.05, 3.63) is 48.3 Å². The number of hydrogen-bond donors (Lipinski definition) is 2. The van der Waals surface area contributed by atoms with Gasteiger partial charge in [-0.1, -0.05) is 6.92 Å². The van der Waals surface area contributed by atoms with E-state index in [0.717, 1.165) is 25.2 Å². The molecule has 2 heterocycles. The molecule has 3 rings (SSSR count). The van der Waals surface area contributed by atoms with Gasteiger partial charge in [0.25, 0.3) is 5.91 Å². The fourth-order valence-electron chi connectivity index (χ4n) is 3.19. The molecule has 1 unspecified atom stereocenters. The molecule has 0 saturated carbocycles. The zero-order chi connectivity index (χ0) is 18.5. The summed E-state index contributed by atoms with van der Waals surface area (Å²) in [6.45, 7) is 5.71. The average molecular weight is 352 g/mol. The Morgan fingerprint density at radius 3 is 2.46 bits per heavy atom. The first-order valence-electron chi connectivity index (χ1n) is 8.90. The highest BCUT2D eigenvalue weighted by molar-refractivity contribution is 6.04. The summed E-state index contributed by atoms with van der Waals surface area (Å²) in [7, 11) is 0. The molecule has 26 heavy (non-hydrogen) atoms. The normalized spacial score (nSPS) is 16.8. The summed E-state index contributed by atoms with van der Waals surface area (Å²) in [6, 6.07) is 8.91. The van der Waals surface area contributed by atoms with Gasteiger partial charge in [-0.05, 0) is 49.1 Å². The molecule has 0 spiro atoms. The van der Waals surface area contributed by atoms with Crippen molar-refractivity contribution in [1.82, 2.24) is 4.98 Å². The number of nitrogens with zero attached hydrogens (tertiary/aromatic N) is 2. The summed E-state index contributed by atoms with van der Waals surface area (Å²) in [5.41, 5.74) is 2.89. The van der Waals surface area contributed by atoms with Crippen LogP contribution in [-0.2, 0) is 4.79 Å². The zero-order valence-electron chi connectivity index (χ0n) is 15.2. The van der Waals surface area contributed by atoms with Crippen molar-refractivity contribution in [2.24, 2.45) is 5.92 Å². The quantitative estimate of drug-likeness (QED) is 0.883. The third kappa shape index (κ3) is 4.59. The van der Waals surface area contributed by atoms with E-state index in [1.54, 1.807) is 30.5 Å². The van der Waals surface area contributed by atoms with Crippen molar-refractivity contribution in [2.45, 2.75) is 26.7 Å². The van der Waals surface area contributed by atoms with Crippen molar-refractivity contribution in [2.75, 3.05) is 28.6 Å². The number of carbonyl (C=O) groups is 2. The molecule has 0 radical (unpaired) electrons. The molecule has 0 aliphatic carbocycles. The van der Waals surface area contributed by atoms with Gasteiger partial charge in [0.2, 0.25) is 5.91 Å². The van der Waals surface area contributed by atoms with Gasteiger partial charge in [-0.25, -0.2) is 0 Å². The molecule has 6 nitrogen and oxygen atoms in total. The van der Waals surface area contributed by atoms with E-state index in [1.807, 2.05) is 12.3 Å². The van der Waals surface area contributed by atoms with Crippen LogP contribution in [0.4, 0.5) is 17.1 Å². The van der Waals surface area contributed by atoms with E-state index in [-0.39, 0.29) is 11.8 Å². The predicted molar refractivity (Wildman–Crippen MR) is 104 cm³/mol. The third-order valence-corrected chi connectivity index (χ3v) is 4.47. The van der Waals surface area contributed by atoms with E-state index >= 15 is 0 Å². The lowest BCUT2D eigenvalue weighted by Gasteiger charge is -2.32. The lowest BCUT2D eigenvalue weighted by Crippen LogP contribution is -2.34. The van der Waals surface area contributed by atoms with Gasteiger partial charge in [-0.2, -0.15) is 0 Å². The fraction of sp³-hybridized carbons (Fsp3) is 0.350. The second kappa shape index (κ2) is 7.99. The highest BCUT2D eigenvalue weighted by atomic mass is 16.2. The molecule has 2 aromatic rings. The molecule has 1 aliphatic rings. The molecule has 0 bridgehead atoms. The minimum atomic E-state index is -0.198. The molecule has 6 heteroatoms. The van der Waals surface area contributed by atoms with E-state index in [1.165, 1.54) is 13.3 Å². The second-order valence-corrected chi connectivity index (χ2v) is 6.84. The molecule has 2 amide bonds. The lowest BCUT2D eigenvalue weighted by molar-refractivity contribution is -0.114. The number of anilines is 3. The van der Waals surface area contributed by atoms with Crippen molar-refractivity contribution >= 4 is 28.9 Å². The Kier molecular flexibility index (Phi) is 5.51. The standard InChI is InChI=1S/C20H24N4O2/c1-14-4-3-9-24(13-14)19-10-16(11-21-12-19)20(26)23-18-7-5-17(6-8-18)22-15(2)25/h5-8,10-12,14H,3-4,9,13H2,1-2H3,(H,22,25)(H,23,26). The van der Waals surface area contributed by atoms with E-state index in [0.29, 0.717) is 22.9 Å². The van der Waals surface area contributed by atoms with Gasteiger partial charge in [-0.15, -0.1) is 0 Å². The first kappa shape index (κ1) is 17.9. The van der Waals surface area contributed by atoms with Crippen LogP contribution in [0.25, 0.3) is 0 Å². The van der Waals surface area contributed by atoms with E-state index < -0.39 is 0 Å². The summed E-state index contributed by atoms with van der Waals surface area (Å²) in [5.74, 6) is 0.330. The minimum absolute atomic E-state index is 0.128. The first-order chi connectivity index (χ1) is 12.5. The number of piperidine rings is 1. The van der Waals surface area contributed by atoms with Crippen LogP contribution in [0.2, 0.25) is 0 Å². The Morgan fingerprint density at radius 2 is 1.81 bits per heavy atom. The molecular formula is C20H24N4O2. The van der Waals surface area contributed by atoms with Gasteiger partial charge >= 0.3 is 0 Å². The Labute approximate surface area is 153 Å². The SMILES string of the molecule is CC(=O)Nc1ccc(NC(=O)c2cncc(N3CCCC(C)C3)c2)cc1. The fourth-order valence-corrected chi connectivity index (χ4v) is 3.19. The monoisotopic (exact) mass is 352 g/mol. The number of amides is 2. The van der Waals surface area contributed by atoms with Crippen LogP contribution in [-0.4, -0.2) is 29.9 Å². The van der Waals surface area contributed by atoms with Gasteiger partial charge < -0.3 is 15.5 Å². The molecule has 1 aromatic carbocycles. The number of benzene rings is 1. The number of nitrogens with one attached hydrogen (secondary N) is 2. The Bertz CT molecular complexity index is 789. The highest BCUT2D eigenvalue weighted by Gasteiger charge is 2.18. The number of pyridine rings is 1. The topological polar surface area (TPSA) is 74.3 Å². The van der Waals surface area contributed by atoms with Crippen molar-refractivity contribution in [3.63, 3.8) is 0 Å². The maximum absolute atomic E-state index is 12.5. The summed E-state index contributed by atoms with van der Waals surface area (Å²) in [6.07, 6.45) is 5.81. The molecular weight excluding hydrogens is 328 g/mol. The largest absolute Gasteiger partial charge is 0.370 e. The van der Waals surface area contributed by atoms with Crippen LogP contribution >= 0.6 is 0 Å². The van der Waals surface area contributed by atoms with Crippen LogP contribution in [0.15, 0.2) is 42.7 Å². The summed E-state index contributed by atoms with van der Waals surface area (Å²) < 4.78 is 0. The Hall–Kier alpha value is -2.89. The summed E-state index contributed by atoms with van der Waals surface area (Å²) in [4.78, 5) is 30.1. The lowest BCUT2D eigenvalue weighted by atomic mass is 10.00. The third-order valence-electron chi connectivity index (χ3n) is 4.47. The highest BCUT2D eigenvalue weighted by Crippen LogP contribution is 2.23. The van der Waals surface area contributed by atoms with Crippen LogP contribution in [0.5, 0.6) is 0 Å². The van der Waals surface area contributed by atoms with E-state index in [4.69, 9.17) is 0 Å². The number of hydrogen-bond acceptors (Lipinski definition) is 4. The van der Waals surface area contributed by atoms with Crippen LogP contribution in [0.3, 0.4) is 0 Å². The van der Waals surface area contributed by atoms with Gasteiger partial charge in [0, 0.05) is 37.6 Å². The van der Waals surface area contributed by atoms with Crippen LogP contribution < -0.4 is 15.5 Å². The number of rotatable bonds is 4. The molecule has 1 aromatic heterocycles. The van der Waals surface area contributed by atoms with Crippen molar-refractivity contribution < 1.29 is 9.59 Å². The maximum atomic E-state index is 12.5. The van der Waals surface area contributed by atoms with Gasteiger partial charge in [0.15, 0.2) is 0 Å². The molecule has 1 saturated heterocycles. The van der Waals surface area contributed by atoms with E-state index in [9.17, 15) is 9.59 Å². The van der Waals surface area contributed by atoms with Gasteiger partial charge in [0.05, 0.1) is 17.4 Å². The molecule has 2 N–H and O–H groups in total. The van der Waals surface area contributed by atoms with E-state index in [2.05, 4.69) is 27.4 Å². The van der Waals surface area contributed by atoms with Gasteiger partial charge in [0.1, 0.15) is 0 Å². The molecule has 1 fully saturated rings. The number of carbonyl (C=O) groups excluding carboxylic acids is 2. The molecule has 1 aliphatic heterocycles. The molecule has 136 valence electrons. The average Bonchev–Trinajstić information content (AvgIpc) is 2.63. The minimum Gasteiger partial charge on any atom is -0.370 e. The van der Waals surface area contributed by atoms with Crippen molar-refractivity contribution in [1.29, 1.82) is 0 Å². The Morgan fingerprint density at radius 1 is 1.12 bits per heavy atom. The molecule has 1 atom stereocenters. The van der Waals surface area contributed by atoms with Crippen LogP contribution in [0.1, 0.15) is 37.0 Å². The smallest absolute Gasteiger partial charge is 0.257 e. The maximum Gasteiger partial charge on any atom is 0.257 e. The predicted octanol–water partition coefficient (Wildman–Crippen LogP) is 3.53. The number of aromatic nitrogens is 1.